The highest BCUT2D eigenvalue weighted by Crippen LogP contribution is 2.22. The van der Waals surface area contributed by atoms with E-state index in [-0.39, 0.29) is 17.7 Å². The molecule has 0 aliphatic carbocycles. The fraction of sp³-hybridized carbons (Fsp3) is 0.871. The Kier molecular flexibility index (Phi) is 19.9. The van der Waals surface area contributed by atoms with Gasteiger partial charge in [-0.2, -0.15) is 0 Å². The molecule has 1 atom stereocenters. The molecule has 0 spiro atoms. The van der Waals surface area contributed by atoms with Crippen LogP contribution >= 0.6 is 0 Å². The van der Waals surface area contributed by atoms with E-state index in [9.17, 15) is 9.59 Å². The van der Waals surface area contributed by atoms with Crippen LogP contribution in [0.3, 0.4) is 0 Å². The molecule has 1 rings (SSSR count). The molecular weight excluding hydrogens is 432 g/mol. The molecule has 0 bridgehead atoms. The minimum absolute atomic E-state index is 0.120. The Morgan fingerprint density at radius 2 is 1.23 bits per heavy atom. The number of nitrogens with zero attached hydrogens (tertiary/aromatic N) is 2. The van der Waals surface area contributed by atoms with Gasteiger partial charge in [0.25, 0.3) is 0 Å². The molecule has 1 fully saturated rings. The standard InChI is InChI=1S/C31H58N2O2/c1-4-7-10-11-12-13-14-15-16-17-18-19-20-21-22-23-26-33-28-29(27-30(33)34)31(35)32(24-8-5-2)25-9-6-3/h15-16,29H,4-14,17-28H2,1-3H3/b16-15+. The molecule has 1 unspecified atom stereocenters. The second-order valence-electron chi connectivity index (χ2n) is 10.7. The first-order chi connectivity index (χ1) is 17.1. The van der Waals surface area contributed by atoms with Gasteiger partial charge in [0.15, 0.2) is 0 Å². The quantitative estimate of drug-likeness (QED) is 0.107. The lowest BCUT2D eigenvalue weighted by atomic mass is 10.1. The van der Waals surface area contributed by atoms with E-state index in [4.69, 9.17) is 0 Å². The van der Waals surface area contributed by atoms with E-state index in [1.54, 1.807) is 0 Å². The minimum atomic E-state index is -0.120. The van der Waals surface area contributed by atoms with Gasteiger partial charge < -0.3 is 9.80 Å². The van der Waals surface area contributed by atoms with Gasteiger partial charge in [0, 0.05) is 32.6 Å². The van der Waals surface area contributed by atoms with E-state index >= 15 is 0 Å². The van der Waals surface area contributed by atoms with Crippen molar-refractivity contribution >= 4 is 11.8 Å². The van der Waals surface area contributed by atoms with Crippen LogP contribution in [0.5, 0.6) is 0 Å². The maximum absolute atomic E-state index is 13.0. The van der Waals surface area contributed by atoms with Crippen molar-refractivity contribution in [3.63, 3.8) is 0 Å². The zero-order chi connectivity index (χ0) is 25.6. The third-order valence-electron chi connectivity index (χ3n) is 7.38. The summed E-state index contributed by atoms with van der Waals surface area (Å²) < 4.78 is 0. The highest BCUT2D eigenvalue weighted by Gasteiger charge is 2.35. The van der Waals surface area contributed by atoms with Crippen molar-refractivity contribution in [2.75, 3.05) is 26.2 Å². The van der Waals surface area contributed by atoms with Crippen molar-refractivity contribution in [3.8, 4) is 0 Å². The molecule has 0 N–H and O–H groups in total. The maximum atomic E-state index is 13.0. The summed E-state index contributed by atoms with van der Waals surface area (Å²) in [6.45, 7) is 9.75. The number of carbonyl (C=O) groups is 2. The minimum Gasteiger partial charge on any atom is -0.342 e. The Balaban J connectivity index is 2.07. The molecule has 1 aliphatic rings. The SMILES string of the molecule is CCCCCCCC/C=C/CCCCCCCCN1CC(C(=O)N(CCCC)CCCC)CC1=O. The number of hydrogen-bond acceptors (Lipinski definition) is 2. The van der Waals surface area contributed by atoms with Crippen LogP contribution in [0.1, 0.15) is 143 Å². The topological polar surface area (TPSA) is 40.6 Å². The van der Waals surface area contributed by atoms with Gasteiger partial charge in [-0.25, -0.2) is 0 Å². The Labute approximate surface area is 218 Å². The zero-order valence-corrected chi connectivity index (χ0v) is 23.7. The molecule has 0 radical (unpaired) electrons. The third kappa shape index (κ3) is 15.4. The van der Waals surface area contributed by atoms with E-state index < -0.39 is 0 Å². The van der Waals surface area contributed by atoms with Crippen molar-refractivity contribution in [2.45, 2.75) is 143 Å². The molecule has 1 heterocycles. The molecule has 0 aromatic rings. The lowest BCUT2D eigenvalue weighted by Gasteiger charge is -2.25. The van der Waals surface area contributed by atoms with Crippen LogP contribution < -0.4 is 0 Å². The van der Waals surface area contributed by atoms with Gasteiger partial charge in [0.2, 0.25) is 11.8 Å². The summed E-state index contributed by atoms with van der Waals surface area (Å²) in [4.78, 5) is 29.5. The van der Waals surface area contributed by atoms with Gasteiger partial charge in [-0.05, 0) is 44.9 Å². The van der Waals surface area contributed by atoms with Crippen molar-refractivity contribution in [2.24, 2.45) is 5.92 Å². The summed E-state index contributed by atoms with van der Waals surface area (Å²) in [6, 6.07) is 0. The second-order valence-corrected chi connectivity index (χ2v) is 10.7. The molecule has 4 nitrogen and oxygen atoms in total. The van der Waals surface area contributed by atoms with E-state index in [0.29, 0.717) is 13.0 Å². The average Bonchev–Trinajstić information content (AvgIpc) is 3.23. The first-order valence-corrected chi connectivity index (χ1v) is 15.4. The summed E-state index contributed by atoms with van der Waals surface area (Å²) in [5, 5.41) is 0. The number of carbonyl (C=O) groups excluding carboxylic acids is 2. The zero-order valence-electron chi connectivity index (χ0n) is 23.7. The first-order valence-electron chi connectivity index (χ1n) is 15.4. The molecule has 0 aromatic carbocycles. The Bertz CT molecular complexity index is 552. The van der Waals surface area contributed by atoms with Crippen molar-refractivity contribution in [3.05, 3.63) is 12.2 Å². The smallest absolute Gasteiger partial charge is 0.227 e. The van der Waals surface area contributed by atoms with Gasteiger partial charge >= 0.3 is 0 Å². The van der Waals surface area contributed by atoms with E-state index in [1.165, 1.54) is 83.5 Å². The average molecular weight is 491 g/mol. The molecule has 204 valence electrons. The number of amides is 2. The van der Waals surface area contributed by atoms with E-state index in [1.807, 2.05) is 9.80 Å². The summed E-state index contributed by atoms with van der Waals surface area (Å²) in [5.41, 5.74) is 0. The van der Waals surface area contributed by atoms with E-state index in [2.05, 4.69) is 32.9 Å². The summed E-state index contributed by atoms with van der Waals surface area (Å²) in [6.07, 6.45) is 27.7. The number of unbranched alkanes of at least 4 members (excludes halogenated alkanes) is 14. The number of allylic oxidation sites excluding steroid dienone is 2. The van der Waals surface area contributed by atoms with Crippen LogP contribution in [0.4, 0.5) is 0 Å². The van der Waals surface area contributed by atoms with Gasteiger partial charge in [-0.3, -0.25) is 9.59 Å². The Hall–Kier alpha value is -1.32. The normalized spacial score (nSPS) is 16.0. The molecule has 4 heteroatoms. The van der Waals surface area contributed by atoms with Gasteiger partial charge in [0.1, 0.15) is 0 Å². The summed E-state index contributed by atoms with van der Waals surface area (Å²) >= 11 is 0. The fourth-order valence-corrected chi connectivity index (χ4v) is 4.99. The molecule has 1 saturated heterocycles. The van der Waals surface area contributed by atoms with Crippen molar-refractivity contribution in [1.29, 1.82) is 0 Å². The lowest BCUT2D eigenvalue weighted by Crippen LogP contribution is -2.38. The molecular formula is C31H58N2O2. The largest absolute Gasteiger partial charge is 0.342 e. The van der Waals surface area contributed by atoms with Crippen LogP contribution in [-0.2, 0) is 9.59 Å². The van der Waals surface area contributed by atoms with Gasteiger partial charge in [-0.15, -0.1) is 0 Å². The molecule has 2 amide bonds. The second kappa shape index (κ2) is 21.9. The van der Waals surface area contributed by atoms with Crippen LogP contribution in [0.2, 0.25) is 0 Å². The van der Waals surface area contributed by atoms with Crippen LogP contribution in [-0.4, -0.2) is 47.8 Å². The number of hydrogen-bond donors (Lipinski definition) is 0. The van der Waals surface area contributed by atoms with Gasteiger partial charge in [-0.1, -0.05) is 104 Å². The molecule has 0 saturated carbocycles. The predicted molar refractivity (Wildman–Crippen MR) is 151 cm³/mol. The monoisotopic (exact) mass is 490 g/mol. The van der Waals surface area contributed by atoms with E-state index in [0.717, 1.165) is 51.7 Å². The summed E-state index contributed by atoms with van der Waals surface area (Å²) in [7, 11) is 0. The maximum Gasteiger partial charge on any atom is 0.227 e. The Morgan fingerprint density at radius 1 is 0.743 bits per heavy atom. The third-order valence-corrected chi connectivity index (χ3v) is 7.38. The van der Waals surface area contributed by atoms with Crippen LogP contribution in [0.15, 0.2) is 12.2 Å². The lowest BCUT2D eigenvalue weighted by molar-refractivity contribution is -0.136. The van der Waals surface area contributed by atoms with Crippen molar-refractivity contribution < 1.29 is 9.59 Å². The van der Waals surface area contributed by atoms with Gasteiger partial charge in [0.05, 0.1) is 5.92 Å². The highest BCUT2D eigenvalue weighted by molar-refractivity contribution is 5.89. The number of rotatable bonds is 23. The molecule has 35 heavy (non-hydrogen) atoms. The Morgan fingerprint density at radius 3 is 1.77 bits per heavy atom. The number of likely N-dealkylation sites (tertiary alicyclic amines) is 1. The van der Waals surface area contributed by atoms with Crippen molar-refractivity contribution in [1.82, 2.24) is 9.80 Å². The molecule has 0 aromatic heterocycles. The van der Waals surface area contributed by atoms with Crippen LogP contribution in [0.25, 0.3) is 0 Å². The highest BCUT2D eigenvalue weighted by atomic mass is 16.2. The fourth-order valence-electron chi connectivity index (χ4n) is 4.99. The summed E-state index contributed by atoms with van der Waals surface area (Å²) in [5.74, 6) is 0.274. The van der Waals surface area contributed by atoms with Crippen LogP contribution in [0, 0.1) is 5.92 Å². The first kappa shape index (κ1) is 31.7. The predicted octanol–water partition coefficient (Wildman–Crippen LogP) is 8.30. The molecule has 1 aliphatic heterocycles.